The number of nitrogens with zero attached hydrogens (tertiary/aromatic N) is 2. The molecule has 0 bridgehead atoms. The second-order valence-corrected chi connectivity index (χ2v) is 8.33. The molecule has 2 rings (SSSR count). The Balaban J connectivity index is 2.02. The fourth-order valence-corrected chi connectivity index (χ4v) is 3.23. The number of terminal acetylenes is 1. The Morgan fingerprint density at radius 3 is 2.25 bits per heavy atom. The lowest BCUT2D eigenvalue weighted by molar-refractivity contribution is -0.138. The zero-order valence-electron chi connectivity index (χ0n) is 18.5. The van der Waals surface area contributed by atoms with Gasteiger partial charge in [-0.25, -0.2) is 0 Å². The summed E-state index contributed by atoms with van der Waals surface area (Å²) in [5.74, 6) is 2.94. The van der Waals surface area contributed by atoms with Crippen molar-refractivity contribution in [3.63, 3.8) is 0 Å². The van der Waals surface area contributed by atoms with Gasteiger partial charge in [0.05, 0.1) is 29.3 Å². The van der Waals surface area contributed by atoms with E-state index in [1.54, 1.807) is 22.8 Å². The number of hydrogen-bond acceptors (Lipinski definition) is 6. The standard InChI is InChI=1S/C22H31F3N6O/c1-4-17(26)16(13-15(2)32-21(3)5-6-21)20(29)18(27)14-19(28)31-11-9-30(10-12-31)8-7-22(23,24)25/h1,13-14,28-29H,5-12,26-27H2,2-3H3/b15-13+,17-16-,18-14-,28-19?,29-20?. The van der Waals surface area contributed by atoms with Crippen LogP contribution in [0.5, 0.6) is 0 Å². The predicted octanol–water partition coefficient (Wildman–Crippen LogP) is 2.71. The number of allylic oxidation sites excluding steroid dienone is 4. The summed E-state index contributed by atoms with van der Waals surface area (Å²) in [7, 11) is 0. The van der Waals surface area contributed by atoms with Crippen molar-refractivity contribution in [2.75, 3.05) is 32.7 Å². The van der Waals surface area contributed by atoms with Gasteiger partial charge in [-0.15, -0.1) is 6.42 Å². The van der Waals surface area contributed by atoms with Gasteiger partial charge in [0.1, 0.15) is 11.4 Å². The van der Waals surface area contributed by atoms with Crippen LogP contribution in [0.25, 0.3) is 0 Å². The minimum Gasteiger partial charge on any atom is -0.492 e. The van der Waals surface area contributed by atoms with Crippen LogP contribution in [0.15, 0.2) is 34.9 Å². The van der Waals surface area contributed by atoms with Crippen molar-refractivity contribution in [2.24, 2.45) is 11.5 Å². The first-order chi connectivity index (χ1) is 14.8. The monoisotopic (exact) mass is 452 g/mol. The number of alkyl halides is 3. The molecule has 0 radical (unpaired) electrons. The SMILES string of the molecule is C#C/C(N)=C(\C=C(/C)OC1(C)CC1)C(=N)/C(N)=C/C(=N)N1CCN(CCC(F)(F)F)CC1. The van der Waals surface area contributed by atoms with Crippen LogP contribution in [-0.2, 0) is 4.74 Å². The van der Waals surface area contributed by atoms with E-state index in [1.165, 1.54) is 6.08 Å². The highest BCUT2D eigenvalue weighted by molar-refractivity contribution is 6.15. The third-order valence-electron chi connectivity index (χ3n) is 5.43. The Morgan fingerprint density at radius 1 is 1.16 bits per heavy atom. The molecule has 176 valence electrons. The highest BCUT2D eigenvalue weighted by Crippen LogP contribution is 2.40. The van der Waals surface area contributed by atoms with E-state index in [0.29, 0.717) is 31.9 Å². The third kappa shape index (κ3) is 7.64. The van der Waals surface area contributed by atoms with E-state index < -0.39 is 12.6 Å². The second kappa shape index (κ2) is 10.1. The van der Waals surface area contributed by atoms with Crippen molar-refractivity contribution in [3.8, 4) is 12.3 Å². The molecule has 10 heteroatoms. The van der Waals surface area contributed by atoms with Crippen molar-refractivity contribution in [2.45, 2.75) is 44.9 Å². The molecule has 0 aromatic rings. The zero-order valence-corrected chi connectivity index (χ0v) is 18.5. The lowest BCUT2D eigenvalue weighted by atomic mass is 10.0. The van der Waals surface area contributed by atoms with Gasteiger partial charge in [-0.1, -0.05) is 5.92 Å². The van der Waals surface area contributed by atoms with Crippen molar-refractivity contribution in [3.05, 3.63) is 34.9 Å². The number of rotatable bonds is 8. The molecule has 6 N–H and O–H groups in total. The molecule has 1 aliphatic heterocycles. The molecule has 2 fully saturated rings. The quantitative estimate of drug-likeness (QED) is 0.149. The number of amidine groups is 1. The van der Waals surface area contributed by atoms with Crippen LogP contribution in [0.3, 0.4) is 0 Å². The molecule has 32 heavy (non-hydrogen) atoms. The smallest absolute Gasteiger partial charge is 0.390 e. The van der Waals surface area contributed by atoms with Gasteiger partial charge in [-0.05, 0) is 32.8 Å². The molecule has 2 aliphatic rings. The van der Waals surface area contributed by atoms with Crippen LogP contribution in [0.4, 0.5) is 13.2 Å². The molecule has 7 nitrogen and oxygen atoms in total. The van der Waals surface area contributed by atoms with Crippen molar-refractivity contribution < 1.29 is 17.9 Å². The van der Waals surface area contributed by atoms with Crippen LogP contribution in [0.1, 0.15) is 33.1 Å². The van der Waals surface area contributed by atoms with Crippen molar-refractivity contribution in [1.82, 2.24) is 9.80 Å². The van der Waals surface area contributed by atoms with E-state index in [4.69, 9.17) is 33.4 Å². The van der Waals surface area contributed by atoms with Gasteiger partial charge in [-0.3, -0.25) is 15.7 Å². The van der Waals surface area contributed by atoms with Gasteiger partial charge in [0.15, 0.2) is 0 Å². The maximum atomic E-state index is 12.4. The fourth-order valence-electron chi connectivity index (χ4n) is 3.23. The number of ether oxygens (including phenoxy) is 1. The Labute approximate surface area is 187 Å². The number of nitrogens with one attached hydrogen (secondary N) is 2. The average Bonchev–Trinajstić information content (AvgIpc) is 3.45. The van der Waals surface area contributed by atoms with Gasteiger partial charge in [0.2, 0.25) is 0 Å². The zero-order chi connectivity index (χ0) is 24.1. The summed E-state index contributed by atoms with van der Waals surface area (Å²) in [5.41, 5.74) is 11.9. The maximum Gasteiger partial charge on any atom is 0.390 e. The van der Waals surface area contributed by atoms with Gasteiger partial charge in [0.25, 0.3) is 0 Å². The minimum absolute atomic E-state index is 0.00406. The van der Waals surface area contributed by atoms with Crippen LogP contribution in [-0.4, -0.2) is 65.8 Å². The summed E-state index contributed by atoms with van der Waals surface area (Å²) >= 11 is 0. The Kier molecular flexibility index (Phi) is 8.02. The topological polar surface area (TPSA) is 115 Å². The van der Waals surface area contributed by atoms with E-state index in [9.17, 15) is 13.2 Å². The normalized spacial score (nSPS) is 20.3. The van der Waals surface area contributed by atoms with Gasteiger partial charge < -0.3 is 21.1 Å². The summed E-state index contributed by atoms with van der Waals surface area (Å²) in [4.78, 5) is 3.42. The van der Waals surface area contributed by atoms with E-state index in [1.807, 2.05) is 6.92 Å². The first-order valence-corrected chi connectivity index (χ1v) is 10.4. The molecular formula is C22H31F3N6O. The van der Waals surface area contributed by atoms with E-state index >= 15 is 0 Å². The molecule has 0 spiro atoms. The molecule has 1 saturated heterocycles. The molecule has 0 atom stereocenters. The van der Waals surface area contributed by atoms with Crippen LogP contribution >= 0.6 is 0 Å². The molecule has 0 aromatic heterocycles. The number of hydrogen-bond donors (Lipinski definition) is 4. The maximum absolute atomic E-state index is 12.4. The van der Waals surface area contributed by atoms with Gasteiger partial charge in [0, 0.05) is 44.4 Å². The molecule has 0 amide bonds. The summed E-state index contributed by atoms with van der Waals surface area (Å²) < 4.78 is 43.0. The second-order valence-electron chi connectivity index (χ2n) is 8.33. The van der Waals surface area contributed by atoms with Crippen LogP contribution in [0, 0.1) is 23.2 Å². The highest BCUT2D eigenvalue weighted by atomic mass is 19.4. The van der Waals surface area contributed by atoms with Crippen molar-refractivity contribution in [1.29, 1.82) is 10.8 Å². The molecule has 1 heterocycles. The number of nitrogens with two attached hydrogens (primary N) is 2. The molecule has 0 unspecified atom stereocenters. The number of piperazine rings is 1. The van der Waals surface area contributed by atoms with E-state index in [2.05, 4.69) is 5.92 Å². The summed E-state index contributed by atoms with van der Waals surface area (Å²) in [6.07, 6.45) is 5.20. The van der Waals surface area contributed by atoms with Gasteiger partial charge >= 0.3 is 6.18 Å². The van der Waals surface area contributed by atoms with Crippen molar-refractivity contribution >= 4 is 11.5 Å². The summed E-state index contributed by atoms with van der Waals surface area (Å²) in [6.45, 7) is 5.30. The average molecular weight is 453 g/mol. The molecule has 1 saturated carbocycles. The van der Waals surface area contributed by atoms with E-state index in [0.717, 1.165) is 12.8 Å². The lowest BCUT2D eigenvalue weighted by Crippen LogP contribution is -2.48. The Bertz CT molecular complexity index is 869. The number of halogens is 3. The fraction of sp³-hybridized carbons (Fsp3) is 0.545. The van der Waals surface area contributed by atoms with Crippen LogP contribution < -0.4 is 11.5 Å². The minimum atomic E-state index is -4.18. The van der Waals surface area contributed by atoms with Crippen LogP contribution in [0.2, 0.25) is 0 Å². The summed E-state index contributed by atoms with van der Waals surface area (Å²) in [5, 5.41) is 16.7. The molecule has 0 aromatic carbocycles. The van der Waals surface area contributed by atoms with E-state index in [-0.39, 0.29) is 40.7 Å². The highest BCUT2D eigenvalue weighted by Gasteiger charge is 2.40. The molecule has 1 aliphatic carbocycles. The predicted molar refractivity (Wildman–Crippen MR) is 119 cm³/mol. The molecular weight excluding hydrogens is 421 g/mol. The lowest BCUT2D eigenvalue weighted by Gasteiger charge is -2.35. The third-order valence-corrected chi connectivity index (χ3v) is 5.43. The van der Waals surface area contributed by atoms with Gasteiger partial charge in [-0.2, -0.15) is 13.2 Å². The Hall–Kier alpha value is -2.93. The first kappa shape index (κ1) is 25.3. The Morgan fingerprint density at radius 2 is 1.75 bits per heavy atom. The largest absolute Gasteiger partial charge is 0.492 e. The first-order valence-electron chi connectivity index (χ1n) is 10.4. The summed E-state index contributed by atoms with van der Waals surface area (Å²) in [6, 6.07) is 0.